The Hall–Kier alpha value is -3.85. The molecule has 2 heterocycles. The van der Waals surface area contributed by atoms with Crippen molar-refractivity contribution in [3.63, 3.8) is 0 Å². The second kappa shape index (κ2) is 8.59. The molecular formula is C24H19FN4O3S. The van der Waals surface area contributed by atoms with Gasteiger partial charge in [0, 0.05) is 29.4 Å². The van der Waals surface area contributed by atoms with E-state index in [1.54, 1.807) is 36.9 Å². The Labute approximate surface area is 192 Å². The first-order valence-corrected chi connectivity index (χ1v) is 11.1. The Balaban J connectivity index is 1.32. The van der Waals surface area contributed by atoms with Gasteiger partial charge in [0.05, 0.1) is 18.6 Å². The maximum absolute atomic E-state index is 13.2. The fraction of sp³-hybridized carbons (Fsp3) is 0.125. The molecule has 0 aliphatic carbocycles. The van der Waals surface area contributed by atoms with E-state index < -0.39 is 0 Å². The maximum atomic E-state index is 13.2. The summed E-state index contributed by atoms with van der Waals surface area (Å²) in [4.78, 5) is 12.7. The minimum atomic E-state index is -0.316. The van der Waals surface area contributed by atoms with Gasteiger partial charge in [-0.15, -0.1) is 10.2 Å². The van der Waals surface area contributed by atoms with Crippen molar-refractivity contribution in [2.24, 2.45) is 7.05 Å². The van der Waals surface area contributed by atoms with Gasteiger partial charge in [0.1, 0.15) is 22.7 Å². The van der Waals surface area contributed by atoms with E-state index in [4.69, 9.17) is 9.15 Å². The summed E-state index contributed by atoms with van der Waals surface area (Å²) in [7, 11) is 3.36. The smallest absolute Gasteiger partial charge is 0.234 e. The topological polar surface area (TPSA) is 82.2 Å². The predicted octanol–water partition coefficient (Wildman–Crippen LogP) is 5.26. The van der Waals surface area contributed by atoms with E-state index in [0.29, 0.717) is 28.0 Å². The number of carbonyl (C=O) groups excluding carboxylic acids is 1. The number of methoxy groups -OCH3 is 1. The van der Waals surface area contributed by atoms with Crippen molar-refractivity contribution in [2.45, 2.75) is 5.16 Å². The zero-order valence-corrected chi connectivity index (χ0v) is 18.6. The average Bonchev–Trinajstić information content (AvgIpc) is 3.37. The van der Waals surface area contributed by atoms with Gasteiger partial charge in [0.2, 0.25) is 5.91 Å². The number of amides is 1. The van der Waals surface area contributed by atoms with Gasteiger partial charge in [0.25, 0.3) is 0 Å². The minimum absolute atomic E-state index is 0.122. The summed E-state index contributed by atoms with van der Waals surface area (Å²) < 4.78 is 26.4. The van der Waals surface area contributed by atoms with Crippen molar-refractivity contribution in [3.8, 4) is 17.1 Å². The molecule has 1 N–H and O–H groups in total. The first-order valence-electron chi connectivity index (χ1n) is 10.1. The van der Waals surface area contributed by atoms with Crippen molar-refractivity contribution < 1.29 is 18.3 Å². The molecule has 0 spiro atoms. The Morgan fingerprint density at radius 3 is 2.67 bits per heavy atom. The van der Waals surface area contributed by atoms with E-state index in [1.165, 1.54) is 23.9 Å². The van der Waals surface area contributed by atoms with Crippen molar-refractivity contribution in [3.05, 3.63) is 66.5 Å². The largest absolute Gasteiger partial charge is 0.495 e. The summed E-state index contributed by atoms with van der Waals surface area (Å²) in [6, 6.07) is 17.4. The highest BCUT2D eigenvalue weighted by Crippen LogP contribution is 2.36. The number of halogens is 1. The third kappa shape index (κ3) is 4.03. The molecular weight excluding hydrogens is 443 g/mol. The lowest BCUT2D eigenvalue weighted by molar-refractivity contribution is -0.113. The fourth-order valence-corrected chi connectivity index (χ4v) is 4.34. The van der Waals surface area contributed by atoms with Crippen LogP contribution in [-0.2, 0) is 11.8 Å². The molecule has 5 aromatic rings. The molecule has 9 heteroatoms. The van der Waals surface area contributed by atoms with Gasteiger partial charge >= 0.3 is 0 Å². The zero-order valence-electron chi connectivity index (χ0n) is 17.8. The molecule has 0 saturated carbocycles. The third-order valence-electron chi connectivity index (χ3n) is 5.24. The monoisotopic (exact) mass is 462 g/mol. The molecule has 0 radical (unpaired) electrons. The summed E-state index contributed by atoms with van der Waals surface area (Å²) in [5, 5.41) is 13.7. The predicted molar refractivity (Wildman–Crippen MR) is 126 cm³/mol. The normalized spacial score (nSPS) is 11.2. The van der Waals surface area contributed by atoms with Crippen LogP contribution in [0.2, 0.25) is 0 Å². The number of furan rings is 1. The van der Waals surface area contributed by atoms with E-state index in [9.17, 15) is 9.18 Å². The summed E-state index contributed by atoms with van der Waals surface area (Å²) in [5.74, 6) is 0.722. The van der Waals surface area contributed by atoms with Crippen LogP contribution < -0.4 is 10.1 Å². The van der Waals surface area contributed by atoms with Crippen LogP contribution in [0.4, 0.5) is 10.1 Å². The van der Waals surface area contributed by atoms with Gasteiger partial charge in [-0.25, -0.2) is 4.39 Å². The number of nitrogens with one attached hydrogen (secondary N) is 1. The molecule has 0 fully saturated rings. The van der Waals surface area contributed by atoms with Crippen LogP contribution >= 0.6 is 11.8 Å². The van der Waals surface area contributed by atoms with Gasteiger partial charge in [0.15, 0.2) is 11.0 Å². The second-order valence-corrected chi connectivity index (χ2v) is 8.30. The van der Waals surface area contributed by atoms with Crippen LogP contribution in [-0.4, -0.2) is 33.5 Å². The number of hydrogen-bond acceptors (Lipinski definition) is 6. The fourth-order valence-electron chi connectivity index (χ4n) is 3.63. The van der Waals surface area contributed by atoms with Gasteiger partial charge < -0.3 is 19.0 Å². The Kier molecular flexibility index (Phi) is 5.47. The number of rotatable bonds is 6. The number of benzene rings is 3. The molecule has 1 amide bonds. The van der Waals surface area contributed by atoms with Gasteiger partial charge in [-0.1, -0.05) is 30.0 Å². The lowest BCUT2D eigenvalue weighted by Gasteiger charge is -2.10. The number of thioether (sulfide) groups is 1. The quantitative estimate of drug-likeness (QED) is 0.347. The van der Waals surface area contributed by atoms with Crippen molar-refractivity contribution in [1.29, 1.82) is 0 Å². The van der Waals surface area contributed by atoms with Crippen LogP contribution in [0.3, 0.4) is 0 Å². The first-order chi connectivity index (χ1) is 16.0. The molecule has 7 nitrogen and oxygen atoms in total. The summed E-state index contributed by atoms with van der Waals surface area (Å²) in [6.07, 6.45) is 0. The molecule has 2 aromatic heterocycles. The average molecular weight is 463 g/mol. The molecule has 33 heavy (non-hydrogen) atoms. The SMILES string of the molecule is COc1cc2c(cc1NC(=O)CSc1nnc(-c3ccc(F)cc3)n1C)oc1ccccc12. The lowest BCUT2D eigenvalue weighted by Crippen LogP contribution is -2.15. The Morgan fingerprint density at radius 2 is 1.88 bits per heavy atom. The highest BCUT2D eigenvalue weighted by atomic mass is 32.2. The highest BCUT2D eigenvalue weighted by molar-refractivity contribution is 7.99. The van der Waals surface area contributed by atoms with Gasteiger partial charge in [-0.2, -0.15) is 0 Å². The van der Waals surface area contributed by atoms with E-state index in [0.717, 1.165) is 21.9 Å². The Morgan fingerprint density at radius 1 is 1.09 bits per heavy atom. The van der Waals surface area contributed by atoms with Crippen LogP contribution in [0.5, 0.6) is 5.75 Å². The van der Waals surface area contributed by atoms with Crippen molar-refractivity contribution >= 4 is 45.3 Å². The minimum Gasteiger partial charge on any atom is -0.495 e. The number of nitrogens with zero attached hydrogens (tertiary/aromatic N) is 3. The number of ether oxygens (including phenoxy) is 1. The van der Waals surface area contributed by atoms with Gasteiger partial charge in [-0.3, -0.25) is 4.79 Å². The number of hydrogen-bond donors (Lipinski definition) is 1. The highest BCUT2D eigenvalue weighted by Gasteiger charge is 2.16. The Bertz CT molecular complexity index is 1480. The second-order valence-electron chi connectivity index (χ2n) is 7.36. The van der Waals surface area contributed by atoms with Crippen LogP contribution in [0, 0.1) is 5.82 Å². The number of carbonyl (C=O) groups is 1. The molecule has 0 aliphatic rings. The van der Waals surface area contributed by atoms with E-state index in [-0.39, 0.29) is 17.5 Å². The van der Waals surface area contributed by atoms with E-state index in [2.05, 4.69) is 15.5 Å². The van der Waals surface area contributed by atoms with Crippen molar-refractivity contribution in [2.75, 3.05) is 18.2 Å². The molecule has 0 bridgehead atoms. The third-order valence-corrected chi connectivity index (χ3v) is 6.26. The first kappa shape index (κ1) is 21.0. The lowest BCUT2D eigenvalue weighted by atomic mass is 10.1. The molecule has 3 aromatic carbocycles. The summed E-state index contributed by atoms with van der Waals surface area (Å²) >= 11 is 1.25. The number of anilines is 1. The van der Waals surface area contributed by atoms with E-state index in [1.807, 2.05) is 30.3 Å². The maximum Gasteiger partial charge on any atom is 0.234 e. The number of para-hydroxylation sites is 1. The molecule has 166 valence electrons. The molecule has 0 saturated heterocycles. The summed E-state index contributed by atoms with van der Waals surface area (Å²) in [6.45, 7) is 0. The van der Waals surface area contributed by atoms with Crippen LogP contribution in [0.25, 0.3) is 33.3 Å². The number of aromatic nitrogens is 3. The number of fused-ring (bicyclic) bond motifs is 3. The molecule has 0 aliphatic heterocycles. The van der Waals surface area contributed by atoms with Crippen molar-refractivity contribution in [1.82, 2.24) is 14.8 Å². The standard InChI is InChI=1S/C24H19FN4O3S/c1-29-23(14-7-9-15(25)10-8-14)27-28-24(29)33-13-22(30)26-18-12-20-17(11-21(18)31-2)16-5-3-4-6-19(16)32-20/h3-12H,13H2,1-2H3,(H,26,30). The molecule has 0 atom stereocenters. The molecule has 0 unspecified atom stereocenters. The molecule has 5 rings (SSSR count). The summed E-state index contributed by atoms with van der Waals surface area (Å²) in [5.41, 5.74) is 2.70. The zero-order chi connectivity index (χ0) is 22.9. The van der Waals surface area contributed by atoms with Crippen LogP contribution in [0.1, 0.15) is 0 Å². The van der Waals surface area contributed by atoms with Gasteiger partial charge in [-0.05, 0) is 36.4 Å². The van der Waals surface area contributed by atoms with Crippen LogP contribution in [0.15, 0.2) is 70.2 Å². The van der Waals surface area contributed by atoms with E-state index >= 15 is 0 Å².